The number of thioether (sulfide) groups is 1. The third-order valence-electron chi connectivity index (χ3n) is 4.81. The highest BCUT2D eigenvalue weighted by molar-refractivity contribution is 8.01. The monoisotopic (exact) mass is 496 g/mol. The third-order valence-corrected chi connectivity index (χ3v) is 6.78. The van der Waals surface area contributed by atoms with Gasteiger partial charge in [0.2, 0.25) is 5.13 Å². The van der Waals surface area contributed by atoms with E-state index in [2.05, 4.69) is 15.5 Å². The number of ketones is 1. The average Bonchev–Trinajstić information content (AvgIpc) is 3.29. The van der Waals surface area contributed by atoms with Gasteiger partial charge in [-0.25, -0.2) is 4.79 Å². The molecule has 0 aliphatic heterocycles. The molecule has 0 amide bonds. The van der Waals surface area contributed by atoms with Crippen molar-refractivity contribution in [1.82, 2.24) is 19.3 Å². The Labute approximate surface area is 202 Å². The lowest BCUT2D eigenvalue weighted by atomic mass is 10.2. The van der Waals surface area contributed by atoms with Gasteiger partial charge in [0, 0.05) is 19.8 Å². The van der Waals surface area contributed by atoms with E-state index in [1.165, 1.54) is 25.4 Å². The zero-order chi connectivity index (χ0) is 24.2. The molecule has 0 bridgehead atoms. The molecule has 4 rings (SSSR count). The van der Waals surface area contributed by atoms with E-state index in [9.17, 15) is 14.4 Å². The van der Waals surface area contributed by atoms with Crippen LogP contribution in [0.3, 0.4) is 0 Å². The Morgan fingerprint density at radius 3 is 2.41 bits per heavy atom. The van der Waals surface area contributed by atoms with Gasteiger partial charge >= 0.3 is 5.69 Å². The Kier molecular flexibility index (Phi) is 6.80. The zero-order valence-electron chi connectivity index (χ0n) is 18.2. The van der Waals surface area contributed by atoms with Crippen LogP contribution < -0.4 is 27.0 Å². The number of hydrogen-bond acceptors (Lipinski definition) is 10. The van der Waals surface area contributed by atoms with Gasteiger partial charge in [0.25, 0.3) is 5.56 Å². The van der Waals surface area contributed by atoms with Gasteiger partial charge in [-0.15, -0.1) is 10.2 Å². The van der Waals surface area contributed by atoms with Crippen LogP contribution in [0, 0.1) is 0 Å². The summed E-state index contributed by atoms with van der Waals surface area (Å²) in [6.07, 6.45) is 0. The number of nitrogens with one attached hydrogen (secondary N) is 1. The van der Waals surface area contributed by atoms with Crippen LogP contribution in [0.2, 0.25) is 0 Å². The van der Waals surface area contributed by atoms with E-state index in [1.807, 2.05) is 54.6 Å². The van der Waals surface area contributed by atoms with Gasteiger partial charge in [-0.1, -0.05) is 41.3 Å². The molecule has 0 saturated heterocycles. The quantitative estimate of drug-likeness (QED) is 0.279. The van der Waals surface area contributed by atoms with Gasteiger partial charge in [-0.2, -0.15) is 0 Å². The molecule has 12 heteroatoms. The molecule has 0 aliphatic rings. The van der Waals surface area contributed by atoms with Crippen molar-refractivity contribution in [3.8, 4) is 11.5 Å². The number of para-hydroxylation sites is 1. The fourth-order valence-corrected chi connectivity index (χ4v) is 4.64. The number of Topliss-reactive ketones (excluding diaryl/α,β-unsaturated/α-hetero) is 1. The summed E-state index contributed by atoms with van der Waals surface area (Å²) in [4.78, 5) is 36.9. The van der Waals surface area contributed by atoms with E-state index in [0.29, 0.717) is 15.2 Å². The molecule has 0 atom stereocenters. The standard InChI is InChI=1S/C22H20N6O4S2/c1-27-18(23)17(19(30)28(2)22(27)31)16(29)12-33-21-26-25-20(34-21)24-13-8-10-15(11-9-13)32-14-6-4-3-5-7-14/h3-11H,12,23H2,1-2H3,(H,24,25). The first-order valence-corrected chi connectivity index (χ1v) is 11.8. The van der Waals surface area contributed by atoms with Crippen LogP contribution in [-0.4, -0.2) is 30.9 Å². The summed E-state index contributed by atoms with van der Waals surface area (Å²) in [6.45, 7) is 0. The number of benzene rings is 2. The first-order valence-electron chi connectivity index (χ1n) is 9.98. The predicted molar refractivity (Wildman–Crippen MR) is 133 cm³/mol. The third kappa shape index (κ3) is 5.02. The molecule has 2 aromatic heterocycles. The highest BCUT2D eigenvalue weighted by atomic mass is 32.2. The van der Waals surface area contributed by atoms with E-state index in [-0.39, 0.29) is 17.1 Å². The summed E-state index contributed by atoms with van der Waals surface area (Å²) in [5.74, 6) is 0.738. The Bertz CT molecular complexity index is 1450. The Morgan fingerprint density at radius 2 is 1.71 bits per heavy atom. The summed E-state index contributed by atoms with van der Waals surface area (Å²) in [5.41, 5.74) is 5.12. The van der Waals surface area contributed by atoms with Gasteiger partial charge in [-0.05, 0) is 36.4 Å². The minimum absolute atomic E-state index is 0.0716. The van der Waals surface area contributed by atoms with Crippen molar-refractivity contribution in [3.05, 3.63) is 81.0 Å². The highest BCUT2D eigenvalue weighted by Crippen LogP contribution is 2.29. The van der Waals surface area contributed by atoms with Gasteiger partial charge in [0.05, 0.1) is 5.75 Å². The second-order valence-electron chi connectivity index (χ2n) is 7.12. The number of hydrogen-bond donors (Lipinski definition) is 2. The molecule has 0 radical (unpaired) electrons. The number of nitrogens with two attached hydrogens (primary N) is 1. The van der Waals surface area contributed by atoms with Crippen molar-refractivity contribution in [1.29, 1.82) is 0 Å². The molecule has 34 heavy (non-hydrogen) atoms. The largest absolute Gasteiger partial charge is 0.457 e. The van der Waals surface area contributed by atoms with Crippen molar-refractivity contribution >= 4 is 45.5 Å². The molecule has 2 aromatic carbocycles. The molecule has 0 saturated carbocycles. The van der Waals surface area contributed by atoms with Crippen molar-refractivity contribution in [2.45, 2.75) is 4.34 Å². The van der Waals surface area contributed by atoms with Gasteiger partial charge in [-0.3, -0.25) is 18.7 Å². The number of ether oxygens (including phenoxy) is 1. The lowest BCUT2D eigenvalue weighted by Crippen LogP contribution is -2.41. The minimum Gasteiger partial charge on any atom is -0.457 e. The summed E-state index contributed by atoms with van der Waals surface area (Å²) in [6, 6.07) is 16.9. The molecule has 0 spiro atoms. The summed E-state index contributed by atoms with van der Waals surface area (Å²) < 4.78 is 8.25. The number of nitrogen functional groups attached to an aromatic ring is 1. The number of anilines is 3. The van der Waals surface area contributed by atoms with Crippen LogP contribution in [0.1, 0.15) is 10.4 Å². The van der Waals surface area contributed by atoms with Gasteiger partial charge in [0.15, 0.2) is 10.1 Å². The Balaban J connectivity index is 1.38. The maximum atomic E-state index is 12.6. The normalized spacial score (nSPS) is 10.8. The lowest BCUT2D eigenvalue weighted by molar-refractivity contribution is 0.102. The molecular formula is C22H20N6O4S2. The molecule has 4 aromatic rings. The van der Waals surface area contributed by atoms with Crippen LogP contribution in [0.25, 0.3) is 0 Å². The fraction of sp³-hybridized carbons (Fsp3) is 0.136. The molecule has 2 heterocycles. The molecule has 10 nitrogen and oxygen atoms in total. The minimum atomic E-state index is -0.717. The molecular weight excluding hydrogens is 476 g/mol. The van der Waals surface area contributed by atoms with Crippen LogP contribution in [0.15, 0.2) is 68.5 Å². The lowest BCUT2D eigenvalue weighted by Gasteiger charge is -2.10. The topological polar surface area (TPSA) is 134 Å². The molecule has 0 aliphatic carbocycles. The second-order valence-corrected chi connectivity index (χ2v) is 9.32. The smallest absolute Gasteiger partial charge is 0.332 e. The van der Waals surface area contributed by atoms with Crippen LogP contribution in [0.4, 0.5) is 16.6 Å². The van der Waals surface area contributed by atoms with Gasteiger partial charge < -0.3 is 15.8 Å². The second kappa shape index (κ2) is 9.93. The first-order chi connectivity index (χ1) is 16.3. The van der Waals surface area contributed by atoms with E-state index < -0.39 is 17.0 Å². The van der Waals surface area contributed by atoms with Crippen molar-refractivity contribution in [3.63, 3.8) is 0 Å². The van der Waals surface area contributed by atoms with E-state index >= 15 is 0 Å². The Hall–Kier alpha value is -3.90. The van der Waals surface area contributed by atoms with Crippen molar-refractivity contribution in [2.75, 3.05) is 16.8 Å². The number of aromatic nitrogens is 4. The first kappa shape index (κ1) is 23.3. The maximum absolute atomic E-state index is 12.6. The van der Waals surface area contributed by atoms with Crippen LogP contribution in [-0.2, 0) is 14.1 Å². The molecule has 3 N–H and O–H groups in total. The Morgan fingerprint density at radius 1 is 1.03 bits per heavy atom. The number of nitrogens with zero attached hydrogens (tertiary/aromatic N) is 4. The predicted octanol–water partition coefficient (Wildman–Crippen LogP) is 3.03. The number of rotatable bonds is 8. The van der Waals surface area contributed by atoms with Crippen LogP contribution in [0.5, 0.6) is 11.5 Å². The molecule has 174 valence electrons. The SMILES string of the molecule is Cn1c(N)c(C(=O)CSc2nnc(Nc3ccc(Oc4ccccc4)cc3)s2)c(=O)n(C)c1=O. The molecule has 0 fully saturated rings. The summed E-state index contributed by atoms with van der Waals surface area (Å²) in [7, 11) is 2.71. The van der Waals surface area contributed by atoms with Crippen molar-refractivity contribution in [2.24, 2.45) is 14.1 Å². The summed E-state index contributed by atoms with van der Waals surface area (Å²) in [5, 5.41) is 11.9. The average molecular weight is 497 g/mol. The summed E-state index contributed by atoms with van der Waals surface area (Å²) >= 11 is 2.40. The van der Waals surface area contributed by atoms with Crippen molar-refractivity contribution < 1.29 is 9.53 Å². The van der Waals surface area contributed by atoms with E-state index in [1.54, 1.807) is 0 Å². The van der Waals surface area contributed by atoms with E-state index in [0.717, 1.165) is 32.3 Å². The number of carbonyl (C=O) groups is 1. The van der Waals surface area contributed by atoms with E-state index in [4.69, 9.17) is 10.5 Å². The highest BCUT2D eigenvalue weighted by Gasteiger charge is 2.21. The number of carbonyl (C=O) groups excluding carboxylic acids is 1. The van der Waals surface area contributed by atoms with Gasteiger partial charge in [0.1, 0.15) is 22.9 Å². The maximum Gasteiger partial charge on any atom is 0.332 e. The molecule has 0 unspecified atom stereocenters. The fourth-order valence-electron chi connectivity index (χ4n) is 2.99. The zero-order valence-corrected chi connectivity index (χ0v) is 19.9. The van der Waals surface area contributed by atoms with Crippen LogP contribution >= 0.6 is 23.1 Å².